The summed E-state index contributed by atoms with van der Waals surface area (Å²) in [6.45, 7) is 3.32. The predicted octanol–water partition coefficient (Wildman–Crippen LogP) is 4.13. The Morgan fingerprint density at radius 1 is 0.903 bits per heavy atom. The number of rotatable bonds is 8. The summed E-state index contributed by atoms with van der Waals surface area (Å²) in [5.74, 6) is 0.528. The number of aryl methyl sites for hydroxylation is 2. The topological polar surface area (TPSA) is 93.7 Å². The number of nitrogens with one attached hydrogen (secondary N) is 2. The van der Waals surface area contributed by atoms with Gasteiger partial charge in [0.25, 0.3) is 15.9 Å². The highest BCUT2D eigenvalue weighted by molar-refractivity contribution is 7.92. The van der Waals surface area contributed by atoms with Crippen LogP contribution < -0.4 is 19.5 Å². The smallest absolute Gasteiger partial charge is 0.262 e. The molecular formula is C23H24N2O5S. The van der Waals surface area contributed by atoms with E-state index >= 15 is 0 Å². The van der Waals surface area contributed by atoms with E-state index in [-0.39, 0.29) is 11.5 Å². The first-order chi connectivity index (χ1) is 14.8. The van der Waals surface area contributed by atoms with Crippen molar-refractivity contribution >= 4 is 27.3 Å². The Morgan fingerprint density at radius 3 is 2.35 bits per heavy atom. The van der Waals surface area contributed by atoms with Crippen LogP contribution in [0.4, 0.5) is 11.4 Å². The SMILES string of the molecule is COc1ccccc1OCC(=O)Nc1ccc(C)c(S(=O)(=O)Nc2cccc(C)c2)c1. The van der Waals surface area contributed by atoms with Crippen molar-refractivity contribution in [1.29, 1.82) is 0 Å². The van der Waals surface area contributed by atoms with E-state index in [0.29, 0.717) is 28.4 Å². The van der Waals surface area contributed by atoms with Crippen molar-refractivity contribution in [3.05, 3.63) is 77.9 Å². The van der Waals surface area contributed by atoms with Gasteiger partial charge in [-0.1, -0.05) is 30.3 Å². The van der Waals surface area contributed by atoms with Gasteiger partial charge in [-0.25, -0.2) is 8.42 Å². The van der Waals surface area contributed by atoms with Crippen molar-refractivity contribution in [3.63, 3.8) is 0 Å². The molecule has 0 aliphatic carbocycles. The molecule has 0 radical (unpaired) electrons. The van der Waals surface area contributed by atoms with Crippen LogP contribution in [0.3, 0.4) is 0 Å². The van der Waals surface area contributed by atoms with Gasteiger partial charge in [0, 0.05) is 11.4 Å². The van der Waals surface area contributed by atoms with Crippen molar-refractivity contribution in [2.45, 2.75) is 18.7 Å². The first-order valence-corrected chi connectivity index (χ1v) is 11.0. The molecule has 0 aromatic heterocycles. The first-order valence-electron chi connectivity index (χ1n) is 9.54. The molecule has 0 spiro atoms. The molecule has 0 atom stereocenters. The molecule has 0 saturated heterocycles. The zero-order valence-corrected chi connectivity index (χ0v) is 18.3. The number of carbonyl (C=O) groups is 1. The lowest BCUT2D eigenvalue weighted by Crippen LogP contribution is -2.21. The standard InChI is InChI=1S/C23H24N2O5S/c1-16-7-6-8-19(13-16)25-31(27,28)22-14-18(12-11-17(22)2)24-23(26)15-30-21-10-5-4-9-20(21)29-3/h4-14,25H,15H2,1-3H3,(H,24,26). The van der Waals surface area contributed by atoms with Crippen LogP contribution in [0.15, 0.2) is 71.6 Å². The minimum absolute atomic E-state index is 0.0810. The maximum atomic E-state index is 12.9. The maximum absolute atomic E-state index is 12.9. The fourth-order valence-electron chi connectivity index (χ4n) is 2.96. The fraction of sp³-hybridized carbons (Fsp3) is 0.174. The highest BCUT2D eigenvalue weighted by atomic mass is 32.2. The molecule has 31 heavy (non-hydrogen) atoms. The quantitative estimate of drug-likeness (QED) is 0.549. The van der Waals surface area contributed by atoms with Gasteiger partial charge in [0.2, 0.25) is 0 Å². The third-order valence-electron chi connectivity index (χ3n) is 4.46. The molecule has 3 aromatic carbocycles. The predicted molar refractivity (Wildman–Crippen MR) is 120 cm³/mol. The van der Waals surface area contributed by atoms with Crippen LogP contribution >= 0.6 is 0 Å². The number of ether oxygens (including phenoxy) is 2. The molecular weight excluding hydrogens is 416 g/mol. The average Bonchev–Trinajstić information content (AvgIpc) is 2.73. The normalized spacial score (nSPS) is 10.9. The third kappa shape index (κ3) is 5.76. The molecule has 162 valence electrons. The molecule has 0 saturated carbocycles. The summed E-state index contributed by atoms with van der Waals surface area (Å²) in [6, 6.07) is 18.8. The number of hydrogen-bond acceptors (Lipinski definition) is 5. The molecule has 0 aliphatic rings. The van der Waals surface area contributed by atoms with E-state index in [9.17, 15) is 13.2 Å². The summed E-state index contributed by atoms with van der Waals surface area (Å²) in [7, 11) is -2.32. The highest BCUT2D eigenvalue weighted by Crippen LogP contribution is 2.26. The summed E-state index contributed by atoms with van der Waals surface area (Å²) in [6.07, 6.45) is 0. The van der Waals surface area contributed by atoms with Gasteiger partial charge in [-0.2, -0.15) is 0 Å². The van der Waals surface area contributed by atoms with Crippen LogP contribution in [0.25, 0.3) is 0 Å². The van der Waals surface area contributed by atoms with Crippen molar-refractivity contribution in [1.82, 2.24) is 0 Å². The lowest BCUT2D eigenvalue weighted by atomic mass is 10.2. The summed E-state index contributed by atoms with van der Waals surface area (Å²) in [4.78, 5) is 12.4. The second-order valence-electron chi connectivity index (χ2n) is 6.94. The number of benzene rings is 3. The Hall–Kier alpha value is -3.52. The van der Waals surface area contributed by atoms with E-state index < -0.39 is 15.9 Å². The Labute approximate surface area is 182 Å². The number of amides is 1. The summed E-state index contributed by atoms with van der Waals surface area (Å²) in [5, 5.41) is 2.67. The van der Waals surface area contributed by atoms with Gasteiger partial charge >= 0.3 is 0 Å². The van der Waals surface area contributed by atoms with Gasteiger partial charge in [-0.05, 0) is 61.4 Å². The molecule has 2 N–H and O–H groups in total. The minimum Gasteiger partial charge on any atom is -0.493 e. The molecule has 0 fully saturated rings. The molecule has 0 bridgehead atoms. The monoisotopic (exact) mass is 440 g/mol. The molecule has 7 nitrogen and oxygen atoms in total. The number of methoxy groups -OCH3 is 1. The fourth-order valence-corrected chi connectivity index (χ4v) is 4.29. The maximum Gasteiger partial charge on any atom is 0.262 e. The van der Waals surface area contributed by atoms with E-state index in [1.54, 1.807) is 61.5 Å². The molecule has 0 heterocycles. The van der Waals surface area contributed by atoms with E-state index in [0.717, 1.165) is 5.56 Å². The van der Waals surface area contributed by atoms with Gasteiger partial charge in [-0.3, -0.25) is 9.52 Å². The number of hydrogen-bond donors (Lipinski definition) is 2. The second-order valence-corrected chi connectivity index (χ2v) is 8.59. The molecule has 0 aliphatic heterocycles. The Morgan fingerprint density at radius 2 is 1.65 bits per heavy atom. The van der Waals surface area contributed by atoms with Gasteiger partial charge in [0.05, 0.1) is 12.0 Å². The summed E-state index contributed by atoms with van der Waals surface area (Å²) in [5.41, 5.74) is 2.32. The lowest BCUT2D eigenvalue weighted by molar-refractivity contribution is -0.118. The third-order valence-corrected chi connectivity index (χ3v) is 5.98. The van der Waals surface area contributed by atoms with Crippen molar-refractivity contribution in [2.75, 3.05) is 23.8 Å². The summed E-state index contributed by atoms with van der Waals surface area (Å²) >= 11 is 0. The highest BCUT2D eigenvalue weighted by Gasteiger charge is 2.18. The van der Waals surface area contributed by atoms with Crippen LogP contribution in [-0.4, -0.2) is 28.0 Å². The Balaban J connectivity index is 1.72. The molecule has 3 rings (SSSR count). The van der Waals surface area contributed by atoms with Crippen molar-refractivity contribution in [3.8, 4) is 11.5 Å². The van der Waals surface area contributed by atoms with Crippen molar-refractivity contribution in [2.24, 2.45) is 0 Å². The van der Waals surface area contributed by atoms with Gasteiger partial charge < -0.3 is 14.8 Å². The van der Waals surface area contributed by atoms with Crippen LogP contribution in [0, 0.1) is 13.8 Å². The zero-order valence-electron chi connectivity index (χ0n) is 17.5. The summed E-state index contributed by atoms with van der Waals surface area (Å²) < 4.78 is 39.1. The van der Waals surface area contributed by atoms with Crippen LogP contribution in [0.2, 0.25) is 0 Å². The lowest BCUT2D eigenvalue weighted by Gasteiger charge is -2.14. The van der Waals surface area contributed by atoms with Crippen LogP contribution in [0.1, 0.15) is 11.1 Å². The van der Waals surface area contributed by atoms with E-state index in [2.05, 4.69) is 10.0 Å². The van der Waals surface area contributed by atoms with Crippen molar-refractivity contribution < 1.29 is 22.7 Å². The van der Waals surface area contributed by atoms with E-state index in [1.807, 2.05) is 13.0 Å². The second kappa shape index (κ2) is 9.53. The van der Waals surface area contributed by atoms with E-state index in [1.165, 1.54) is 13.2 Å². The van der Waals surface area contributed by atoms with E-state index in [4.69, 9.17) is 9.47 Å². The zero-order chi connectivity index (χ0) is 22.4. The molecule has 3 aromatic rings. The number of anilines is 2. The largest absolute Gasteiger partial charge is 0.493 e. The van der Waals surface area contributed by atoms with Gasteiger partial charge in [-0.15, -0.1) is 0 Å². The number of carbonyl (C=O) groups excluding carboxylic acids is 1. The van der Waals surface area contributed by atoms with Gasteiger partial charge in [0.15, 0.2) is 18.1 Å². The molecule has 1 amide bonds. The molecule has 0 unspecified atom stereocenters. The Bertz CT molecular complexity index is 1190. The molecule has 8 heteroatoms. The van der Waals surface area contributed by atoms with Crippen LogP contribution in [-0.2, 0) is 14.8 Å². The minimum atomic E-state index is -3.83. The average molecular weight is 441 g/mol. The van der Waals surface area contributed by atoms with Crippen LogP contribution in [0.5, 0.6) is 11.5 Å². The number of para-hydroxylation sites is 2. The number of sulfonamides is 1. The van der Waals surface area contributed by atoms with Gasteiger partial charge in [0.1, 0.15) is 0 Å². The first kappa shape index (κ1) is 22.2. The Kier molecular flexibility index (Phi) is 6.81.